The molecule has 0 bridgehead atoms. The molecule has 0 aliphatic carbocycles. The lowest BCUT2D eigenvalue weighted by atomic mass is 10.2. The van der Waals surface area contributed by atoms with Gasteiger partial charge in [-0.25, -0.2) is 0 Å². The van der Waals surface area contributed by atoms with E-state index in [4.69, 9.17) is 12.5 Å². The average molecular weight is 252 g/mol. The Kier molecular flexibility index (Phi) is 10.5. The summed E-state index contributed by atoms with van der Waals surface area (Å²) in [5.41, 5.74) is 0. The average Bonchev–Trinajstić information content (AvgIpc) is 2.26. The Hall–Kier alpha value is 0.230. The quantitative estimate of drug-likeness (QED) is 0.515. The van der Waals surface area contributed by atoms with Crippen LogP contribution in [-0.4, -0.2) is 25.6 Å². The van der Waals surface area contributed by atoms with Gasteiger partial charge in [-0.15, -0.1) is 0 Å². The van der Waals surface area contributed by atoms with E-state index in [-0.39, 0.29) is 0 Å². The molecule has 100 valence electrons. The SMILES string of the molecule is CCCCCCS(OCC)(OCC)OCC. The van der Waals surface area contributed by atoms with E-state index < -0.39 is 10.9 Å². The fourth-order valence-corrected chi connectivity index (χ4v) is 3.72. The molecule has 0 radical (unpaired) electrons. The zero-order valence-electron chi connectivity index (χ0n) is 11.3. The van der Waals surface area contributed by atoms with E-state index in [9.17, 15) is 0 Å². The van der Waals surface area contributed by atoms with Gasteiger partial charge in [0.1, 0.15) is 0 Å². The van der Waals surface area contributed by atoms with Crippen molar-refractivity contribution in [2.45, 2.75) is 53.4 Å². The van der Waals surface area contributed by atoms with Gasteiger partial charge in [-0.1, -0.05) is 26.2 Å². The van der Waals surface area contributed by atoms with Crippen LogP contribution in [0.5, 0.6) is 0 Å². The highest BCUT2D eigenvalue weighted by Gasteiger charge is 2.25. The monoisotopic (exact) mass is 252 g/mol. The highest BCUT2D eigenvalue weighted by atomic mass is 32.3. The van der Waals surface area contributed by atoms with Gasteiger partial charge in [-0.3, -0.25) is 12.5 Å². The molecule has 0 unspecified atom stereocenters. The molecular formula is C12H28O3S. The van der Waals surface area contributed by atoms with Crippen molar-refractivity contribution in [1.82, 2.24) is 0 Å². The van der Waals surface area contributed by atoms with Crippen LogP contribution in [0.1, 0.15) is 53.4 Å². The van der Waals surface area contributed by atoms with E-state index in [0.717, 1.165) is 12.2 Å². The summed E-state index contributed by atoms with van der Waals surface area (Å²) >= 11 is 0. The summed E-state index contributed by atoms with van der Waals surface area (Å²) in [7, 11) is -1.73. The van der Waals surface area contributed by atoms with Crippen molar-refractivity contribution in [2.75, 3.05) is 25.6 Å². The van der Waals surface area contributed by atoms with Crippen LogP contribution in [0.3, 0.4) is 0 Å². The van der Waals surface area contributed by atoms with E-state index >= 15 is 0 Å². The summed E-state index contributed by atoms with van der Waals surface area (Å²) in [5, 5.41) is 0. The third kappa shape index (κ3) is 6.74. The van der Waals surface area contributed by atoms with Crippen molar-refractivity contribution in [3.05, 3.63) is 0 Å². The molecule has 0 amide bonds. The summed E-state index contributed by atoms with van der Waals surface area (Å²) < 4.78 is 17.2. The van der Waals surface area contributed by atoms with Gasteiger partial charge in [0, 0.05) is 5.75 Å². The molecule has 0 rings (SSSR count). The lowest BCUT2D eigenvalue weighted by molar-refractivity contribution is 0.185. The van der Waals surface area contributed by atoms with Crippen LogP contribution < -0.4 is 0 Å². The molecule has 0 heterocycles. The minimum absolute atomic E-state index is 0.656. The lowest BCUT2D eigenvalue weighted by Crippen LogP contribution is -2.16. The maximum absolute atomic E-state index is 5.73. The van der Waals surface area contributed by atoms with Gasteiger partial charge in [-0.2, -0.15) is 0 Å². The van der Waals surface area contributed by atoms with Crippen molar-refractivity contribution < 1.29 is 12.5 Å². The molecule has 0 atom stereocenters. The Balaban J connectivity index is 4.12. The molecule has 0 N–H and O–H groups in total. The van der Waals surface area contributed by atoms with Gasteiger partial charge in [0.05, 0.1) is 30.7 Å². The number of hydrogen-bond acceptors (Lipinski definition) is 3. The second kappa shape index (κ2) is 10.4. The van der Waals surface area contributed by atoms with Gasteiger partial charge >= 0.3 is 0 Å². The third-order valence-corrected chi connectivity index (χ3v) is 4.71. The first-order valence-corrected chi connectivity index (χ1v) is 8.06. The first kappa shape index (κ1) is 16.2. The topological polar surface area (TPSA) is 27.7 Å². The normalized spacial score (nSPS) is 13.0. The van der Waals surface area contributed by atoms with Gasteiger partial charge in [0.15, 0.2) is 0 Å². The molecule has 4 heteroatoms. The summed E-state index contributed by atoms with van der Waals surface area (Å²) in [6, 6.07) is 0. The Labute approximate surface area is 103 Å². The molecule has 16 heavy (non-hydrogen) atoms. The molecule has 0 fully saturated rings. The number of unbranched alkanes of at least 4 members (excludes halogenated alkanes) is 3. The second-order valence-corrected chi connectivity index (χ2v) is 5.77. The molecule has 0 aromatic rings. The second-order valence-electron chi connectivity index (χ2n) is 3.54. The van der Waals surface area contributed by atoms with Crippen molar-refractivity contribution in [3.8, 4) is 0 Å². The Bertz CT molecular complexity index is 136. The minimum atomic E-state index is -1.73. The third-order valence-electron chi connectivity index (χ3n) is 2.14. The summed E-state index contributed by atoms with van der Waals surface area (Å²) in [6.07, 6.45) is 4.89. The minimum Gasteiger partial charge on any atom is -0.293 e. The van der Waals surface area contributed by atoms with Crippen molar-refractivity contribution in [3.63, 3.8) is 0 Å². The van der Waals surface area contributed by atoms with Crippen LogP contribution in [0.4, 0.5) is 0 Å². The molecule has 0 aromatic heterocycles. The Morgan fingerprint density at radius 3 is 1.56 bits per heavy atom. The number of hydrogen-bond donors (Lipinski definition) is 0. The van der Waals surface area contributed by atoms with Gasteiger partial charge in [-0.05, 0) is 27.2 Å². The maximum atomic E-state index is 5.73. The van der Waals surface area contributed by atoms with E-state index in [0.29, 0.717) is 19.8 Å². The van der Waals surface area contributed by atoms with Crippen LogP contribution in [-0.2, 0) is 12.5 Å². The summed E-state index contributed by atoms with van der Waals surface area (Å²) in [4.78, 5) is 0. The van der Waals surface area contributed by atoms with E-state index in [1.165, 1.54) is 19.3 Å². The summed E-state index contributed by atoms with van der Waals surface area (Å²) in [5.74, 6) is 0.905. The van der Waals surface area contributed by atoms with E-state index in [2.05, 4.69) is 6.92 Å². The fraction of sp³-hybridized carbons (Fsp3) is 1.00. The molecule has 0 spiro atoms. The van der Waals surface area contributed by atoms with Crippen molar-refractivity contribution >= 4 is 10.9 Å². The van der Waals surface area contributed by atoms with E-state index in [1.807, 2.05) is 20.8 Å². The highest BCUT2D eigenvalue weighted by Crippen LogP contribution is 2.52. The molecular weight excluding hydrogens is 224 g/mol. The van der Waals surface area contributed by atoms with Crippen molar-refractivity contribution in [2.24, 2.45) is 0 Å². The number of rotatable bonds is 11. The molecule has 0 saturated heterocycles. The van der Waals surface area contributed by atoms with Gasteiger partial charge in [0.2, 0.25) is 0 Å². The molecule has 0 aliphatic rings. The standard InChI is InChI=1S/C12H28O3S/c1-5-9-10-11-12-16(13-6-2,14-7-3)15-8-4/h5-12H2,1-4H3. The van der Waals surface area contributed by atoms with Crippen LogP contribution >= 0.6 is 10.9 Å². The lowest BCUT2D eigenvalue weighted by Gasteiger charge is -2.36. The Morgan fingerprint density at radius 1 is 0.688 bits per heavy atom. The smallest absolute Gasteiger partial charge is 0.0887 e. The maximum Gasteiger partial charge on any atom is 0.0887 e. The zero-order valence-corrected chi connectivity index (χ0v) is 12.1. The van der Waals surface area contributed by atoms with Crippen molar-refractivity contribution in [1.29, 1.82) is 0 Å². The van der Waals surface area contributed by atoms with Gasteiger partial charge < -0.3 is 0 Å². The largest absolute Gasteiger partial charge is 0.293 e. The fourth-order valence-electron chi connectivity index (χ4n) is 1.52. The predicted molar refractivity (Wildman–Crippen MR) is 71.5 cm³/mol. The van der Waals surface area contributed by atoms with Crippen LogP contribution in [0.2, 0.25) is 0 Å². The first-order valence-electron chi connectivity index (χ1n) is 6.48. The molecule has 0 aromatic carbocycles. The van der Waals surface area contributed by atoms with Gasteiger partial charge in [0.25, 0.3) is 0 Å². The van der Waals surface area contributed by atoms with E-state index in [1.54, 1.807) is 0 Å². The molecule has 0 aliphatic heterocycles. The molecule has 0 saturated carbocycles. The molecule has 3 nitrogen and oxygen atoms in total. The Morgan fingerprint density at radius 2 is 1.19 bits per heavy atom. The van der Waals surface area contributed by atoms with Crippen LogP contribution in [0.15, 0.2) is 0 Å². The predicted octanol–water partition coefficient (Wildman–Crippen LogP) is 4.23. The first-order chi connectivity index (χ1) is 7.74. The van der Waals surface area contributed by atoms with Crippen LogP contribution in [0, 0.1) is 0 Å². The summed E-state index contributed by atoms with van der Waals surface area (Å²) in [6.45, 7) is 10.2. The highest BCUT2D eigenvalue weighted by molar-refractivity contribution is 8.21. The zero-order chi connectivity index (χ0) is 12.3. The van der Waals surface area contributed by atoms with Crippen LogP contribution in [0.25, 0.3) is 0 Å².